The first kappa shape index (κ1) is 12.4. The van der Waals surface area contributed by atoms with Gasteiger partial charge >= 0.3 is 0 Å². The maximum atomic E-state index is 5.52. The van der Waals surface area contributed by atoms with Gasteiger partial charge in [-0.25, -0.2) is 0 Å². The zero-order chi connectivity index (χ0) is 13.5. The minimum Gasteiger partial charge on any atom is -0.379 e. The number of aryl methyl sites for hydroxylation is 2. The number of rotatable bonds is 1. The van der Waals surface area contributed by atoms with Crippen molar-refractivity contribution >= 4 is 10.9 Å². The quantitative estimate of drug-likeness (QED) is 0.792. The van der Waals surface area contributed by atoms with Gasteiger partial charge in [0.05, 0.1) is 19.3 Å². The Balaban J connectivity index is 1.83. The molecule has 0 amide bonds. The summed E-state index contributed by atoms with van der Waals surface area (Å²) < 4.78 is 8.08. The number of hydrogen-bond donors (Lipinski definition) is 0. The van der Waals surface area contributed by atoms with E-state index in [0.29, 0.717) is 6.04 Å². The lowest BCUT2D eigenvalue weighted by molar-refractivity contribution is 0.00940. The van der Waals surface area contributed by atoms with Crippen LogP contribution in [0.15, 0.2) is 24.3 Å². The predicted molar refractivity (Wildman–Crippen MR) is 81.0 cm³/mol. The molecule has 1 unspecified atom stereocenters. The number of ether oxygens (including phenoxy) is 1. The number of hydrogen-bond acceptors (Lipinski definition) is 2. The highest BCUT2D eigenvalue weighted by Gasteiger charge is 2.30. The van der Waals surface area contributed by atoms with Crippen LogP contribution in [0.4, 0.5) is 0 Å². The van der Waals surface area contributed by atoms with Crippen molar-refractivity contribution in [3.63, 3.8) is 0 Å². The molecule has 0 radical (unpaired) electrons. The average molecular weight is 270 g/mol. The van der Waals surface area contributed by atoms with Crippen molar-refractivity contribution in [2.24, 2.45) is 0 Å². The van der Waals surface area contributed by atoms with E-state index >= 15 is 0 Å². The molecule has 1 aromatic carbocycles. The van der Waals surface area contributed by atoms with Crippen LogP contribution >= 0.6 is 0 Å². The first-order chi connectivity index (χ1) is 9.86. The topological polar surface area (TPSA) is 17.4 Å². The minimum atomic E-state index is 0.583. The second-order valence-corrected chi connectivity index (χ2v) is 5.99. The van der Waals surface area contributed by atoms with E-state index in [9.17, 15) is 0 Å². The summed E-state index contributed by atoms with van der Waals surface area (Å²) in [6.07, 6.45) is 2.57. The second kappa shape index (κ2) is 4.90. The summed E-state index contributed by atoms with van der Waals surface area (Å²) in [5.41, 5.74) is 4.45. The summed E-state index contributed by atoms with van der Waals surface area (Å²) >= 11 is 0. The molecule has 2 aromatic rings. The molecule has 0 aliphatic carbocycles. The first-order valence-corrected chi connectivity index (χ1v) is 7.76. The third-order valence-corrected chi connectivity index (χ3v) is 4.94. The summed E-state index contributed by atoms with van der Waals surface area (Å²) in [4.78, 5) is 2.63. The Labute approximate surface area is 120 Å². The smallest absolute Gasteiger partial charge is 0.0594 e. The van der Waals surface area contributed by atoms with E-state index in [0.717, 1.165) is 26.3 Å². The van der Waals surface area contributed by atoms with Crippen LogP contribution in [-0.2, 0) is 11.3 Å². The molecule has 20 heavy (non-hydrogen) atoms. The Morgan fingerprint density at radius 3 is 2.75 bits per heavy atom. The molecule has 3 nitrogen and oxygen atoms in total. The normalized spacial score (nSPS) is 23.9. The van der Waals surface area contributed by atoms with E-state index < -0.39 is 0 Å². The SMILES string of the molecule is Cc1c2n(c3ccccc13)CCCC2N1CCOCC1. The summed E-state index contributed by atoms with van der Waals surface area (Å²) in [7, 11) is 0. The van der Waals surface area contributed by atoms with Gasteiger partial charge in [-0.1, -0.05) is 18.2 Å². The van der Waals surface area contributed by atoms with E-state index in [1.54, 1.807) is 5.69 Å². The largest absolute Gasteiger partial charge is 0.379 e. The van der Waals surface area contributed by atoms with Crippen molar-refractivity contribution in [3.8, 4) is 0 Å². The van der Waals surface area contributed by atoms with Crippen LogP contribution in [0.25, 0.3) is 10.9 Å². The number of morpholine rings is 1. The van der Waals surface area contributed by atoms with Crippen molar-refractivity contribution in [3.05, 3.63) is 35.5 Å². The fourth-order valence-electron chi connectivity index (χ4n) is 3.99. The van der Waals surface area contributed by atoms with Crippen LogP contribution in [-0.4, -0.2) is 35.8 Å². The van der Waals surface area contributed by atoms with Crippen LogP contribution in [0.3, 0.4) is 0 Å². The van der Waals surface area contributed by atoms with Crippen molar-refractivity contribution in [1.82, 2.24) is 9.47 Å². The van der Waals surface area contributed by atoms with Crippen LogP contribution in [0.1, 0.15) is 30.1 Å². The monoisotopic (exact) mass is 270 g/mol. The van der Waals surface area contributed by atoms with E-state index in [2.05, 4.69) is 40.7 Å². The van der Waals surface area contributed by atoms with Gasteiger partial charge in [-0.15, -0.1) is 0 Å². The lowest BCUT2D eigenvalue weighted by Crippen LogP contribution is -2.41. The summed E-state index contributed by atoms with van der Waals surface area (Å²) in [5, 5.41) is 1.43. The molecule has 2 aliphatic heterocycles. The molecule has 0 N–H and O–H groups in total. The third kappa shape index (κ3) is 1.80. The molecule has 3 heteroatoms. The summed E-state index contributed by atoms with van der Waals surface area (Å²) in [6.45, 7) is 7.39. The molecule has 3 heterocycles. The van der Waals surface area contributed by atoms with Gasteiger partial charge in [-0.3, -0.25) is 4.90 Å². The molecule has 106 valence electrons. The maximum Gasteiger partial charge on any atom is 0.0594 e. The third-order valence-electron chi connectivity index (χ3n) is 4.94. The summed E-state index contributed by atoms with van der Waals surface area (Å²) in [6, 6.07) is 9.44. The molecule has 4 rings (SSSR count). The van der Waals surface area contributed by atoms with Crippen LogP contribution in [0.5, 0.6) is 0 Å². The Morgan fingerprint density at radius 1 is 1.10 bits per heavy atom. The lowest BCUT2D eigenvalue weighted by atomic mass is 9.98. The standard InChI is InChI=1S/C17H22N2O/c1-13-14-5-2-3-6-15(14)19-8-4-7-16(17(13)19)18-9-11-20-12-10-18/h2-3,5-6,16H,4,7-12H2,1H3. The maximum absolute atomic E-state index is 5.52. The Hall–Kier alpha value is -1.32. The summed E-state index contributed by atoms with van der Waals surface area (Å²) in [5.74, 6) is 0. The molecular formula is C17H22N2O. The van der Waals surface area contributed by atoms with E-state index in [1.165, 1.54) is 35.9 Å². The molecule has 0 spiro atoms. The number of fused-ring (bicyclic) bond motifs is 3. The van der Waals surface area contributed by atoms with Crippen LogP contribution in [0.2, 0.25) is 0 Å². The second-order valence-electron chi connectivity index (χ2n) is 5.99. The minimum absolute atomic E-state index is 0.583. The number of benzene rings is 1. The molecule has 0 bridgehead atoms. The highest BCUT2D eigenvalue weighted by molar-refractivity contribution is 5.85. The van der Waals surface area contributed by atoms with E-state index in [4.69, 9.17) is 4.74 Å². The lowest BCUT2D eigenvalue weighted by Gasteiger charge is -2.38. The number of para-hydroxylation sites is 1. The van der Waals surface area contributed by atoms with Crippen LogP contribution < -0.4 is 0 Å². The zero-order valence-electron chi connectivity index (χ0n) is 12.1. The molecule has 2 aliphatic rings. The van der Waals surface area contributed by atoms with Crippen LogP contribution in [0, 0.1) is 6.92 Å². The van der Waals surface area contributed by atoms with Crippen molar-refractivity contribution in [1.29, 1.82) is 0 Å². The zero-order valence-corrected chi connectivity index (χ0v) is 12.1. The molecule has 1 saturated heterocycles. The van der Waals surface area contributed by atoms with Gasteiger partial charge in [0.2, 0.25) is 0 Å². The van der Waals surface area contributed by atoms with Gasteiger partial charge in [0.1, 0.15) is 0 Å². The number of nitrogens with zero attached hydrogens (tertiary/aromatic N) is 2. The van der Waals surface area contributed by atoms with Crippen molar-refractivity contribution in [2.45, 2.75) is 32.4 Å². The highest BCUT2D eigenvalue weighted by atomic mass is 16.5. The molecule has 0 saturated carbocycles. The molecule has 1 atom stereocenters. The van der Waals surface area contributed by atoms with Crippen molar-refractivity contribution < 1.29 is 4.74 Å². The van der Waals surface area contributed by atoms with Gasteiger partial charge < -0.3 is 9.30 Å². The van der Waals surface area contributed by atoms with Gasteiger partial charge in [0, 0.05) is 36.2 Å². The number of aromatic nitrogens is 1. The molecule has 1 aromatic heterocycles. The van der Waals surface area contributed by atoms with Gasteiger partial charge in [-0.05, 0) is 31.4 Å². The Kier molecular flexibility index (Phi) is 3.04. The first-order valence-electron chi connectivity index (χ1n) is 7.76. The predicted octanol–water partition coefficient (Wildman–Crippen LogP) is 3.12. The molecular weight excluding hydrogens is 248 g/mol. The van der Waals surface area contributed by atoms with E-state index in [1.807, 2.05) is 0 Å². The fraction of sp³-hybridized carbons (Fsp3) is 0.529. The highest BCUT2D eigenvalue weighted by Crippen LogP contribution is 2.38. The van der Waals surface area contributed by atoms with Crippen molar-refractivity contribution in [2.75, 3.05) is 26.3 Å². The van der Waals surface area contributed by atoms with E-state index in [-0.39, 0.29) is 0 Å². The van der Waals surface area contributed by atoms with Gasteiger partial charge in [-0.2, -0.15) is 0 Å². The Morgan fingerprint density at radius 2 is 1.90 bits per heavy atom. The van der Waals surface area contributed by atoms with Gasteiger partial charge in [0.25, 0.3) is 0 Å². The van der Waals surface area contributed by atoms with Gasteiger partial charge in [0.15, 0.2) is 0 Å². The fourth-order valence-corrected chi connectivity index (χ4v) is 3.99. The Bertz CT molecular complexity index is 625. The average Bonchev–Trinajstić information content (AvgIpc) is 2.82. The molecule has 1 fully saturated rings.